The molecule has 0 aromatic carbocycles. The zero-order chi connectivity index (χ0) is 16.5. The van der Waals surface area contributed by atoms with E-state index < -0.39 is 0 Å². The largest absolute Gasteiger partial charge is 0.373 e. The van der Waals surface area contributed by atoms with Crippen molar-refractivity contribution in [2.75, 3.05) is 26.2 Å². The third-order valence-electron chi connectivity index (χ3n) is 6.82. The van der Waals surface area contributed by atoms with Crippen LogP contribution in [0.5, 0.6) is 0 Å². The molecular formula is C20H38N2. The van der Waals surface area contributed by atoms with Gasteiger partial charge in [-0.05, 0) is 49.4 Å². The Morgan fingerprint density at radius 3 is 1.91 bits per heavy atom. The number of piperazine rings is 1. The predicted molar refractivity (Wildman–Crippen MR) is 96.9 cm³/mol. The highest BCUT2D eigenvalue weighted by atomic mass is 15.3. The quantitative estimate of drug-likeness (QED) is 0.741. The van der Waals surface area contributed by atoms with Gasteiger partial charge in [0.25, 0.3) is 0 Å². The molecule has 1 aliphatic heterocycles. The number of hydrogen-bond acceptors (Lipinski definition) is 2. The first-order chi connectivity index (χ1) is 10.2. The fourth-order valence-corrected chi connectivity index (χ4v) is 5.15. The smallest absolute Gasteiger partial charge is 0.0303 e. The van der Waals surface area contributed by atoms with Crippen molar-refractivity contribution in [3.8, 4) is 0 Å². The topological polar surface area (TPSA) is 6.48 Å². The molecule has 0 N–H and O–H groups in total. The average molecular weight is 307 g/mol. The minimum atomic E-state index is 0.421. The maximum atomic E-state index is 4.09. The molecule has 1 saturated heterocycles. The summed E-state index contributed by atoms with van der Waals surface area (Å²) in [6, 6.07) is 0.821. The fraction of sp³-hybridized carbons (Fsp3) is 0.900. The van der Waals surface area contributed by atoms with E-state index in [1.54, 1.807) is 0 Å². The van der Waals surface area contributed by atoms with E-state index in [1.165, 1.54) is 57.6 Å². The highest BCUT2D eigenvalue weighted by Gasteiger charge is 2.47. The van der Waals surface area contributed by atoms with Crippen LogP contribution in [0.3, 0.4) is 0 Å². The number of hydrogen-bond donors (Lipinski definition) is 0. The molecule has 1 saturated carbocycles. The van der Waals surface area contributed by atoms with Gasteiger partial charge in [-0.3, -0.25) is 4.90 Å². The zero-order valence-corrected chi connectivity index (χ0v) is 15.9. The molecule has 1 heterocycles. The lowest BCUT2D eigenvalue weighted by Gasteiger charge is -2.54. The van der Waals surface area contributed by atoms with Gasteiger partial charge in [0.05, 0.1) is 0 Å². The first-order valence-corrected chi connectivity index (χ1v) is 9.32. The lowest BCUT2D eigenvalue weighted by molar-refractivity contribution is -0.0375. The van der Waals surface area contributed by atoms with Crippen molar-refractivity contribution in [3.63, 3.8) is 0 Å². The Balaban J connectivity index is 1.94. The summed E-state index contributed by atoms with van der Waals surface area (Å²) in [4.78, 5) is 5.19. The molecule has 0 spiro atoms. The number of nitrogens with zero attached hydrogens (tertiary/aromatic N) is 2. The van der Waals surface area contributed by atoms with Gasteiger partial charge in [-0.2, -0.15) is 0 Å². The normalized spacial score (nSPS) is 31.6. The van der Waals surface area contributed by atoms with E-state index in [0.717, 1.165) is 12.0 Å². The van der Waals surface area contributed by atoms with Crippen molar-refractivity contribution >= 4 is 0 Å². The molecule has 2 fully saturated rings. The maximum absolute atomic E-state index is 4.09. The molecule has 2 nitrogen and oxygen atoms in total. The predicted octanol–water partition coefficient (Wildman–Crippen LogP) is 4.77. The van der Waals surface area contributed by atoms with Crippen LogP contribution >= 0.6 is 0 Å². The average Bonchev–Trinajstić information content (AvgIpc) is 2.46. The Kier molecular flexibility index (Phi) is 5.31. The molecule has 0 amide bonds. The summed E-state index contributed by atoms with van der Waals surface area (Å²) < 4.78 is 0. The monoisotopic (exact) mass is 306 g/mol. The molecule has 1 aliphatic carbocycles. The van der Waals surface area contributed by atoms with Crippen LogP contribution in [0.4, 0.5) is 0 Å². The van der Waals surface area contributed by atoms with E-state index >= 15 is 0 Å². The van der Waals surface area contributed by atoms with Crippen molar-refractivity contribution in [2.45, 2.75) is 73.3 Å². The molecule has 0 aromatic rings. The first kappa shape index (κ1) is 17.8. The Morgan fingerprint density at radius 2 is 1.55 bits per heavy atom. The molecule has 2 heteroatoms. The summed E-state index contributed by atoms with van der Waals surface area (Å²) in [5.74, 6) is 0.786. The summed E-state index contributed by atoms with van der Waals surface area (Å²) in [6.07, 6.45) is 5.59. The maximum Gasteiger partial charge on any atom is 0.0303 e. The van der Waals surface area contributed by atoms with Crippen LogP contribution in [0.2, 0.25) is 0 Å². The molecular weight excluding hydrogens is 268 g/mol. The number of rotatable bonds is 3. The van der Waals surface area contributed by atoms with Crippen molar-refractivity contribution in [1.29, 1.82) is 0 Å². The molecule has 2 aliphatic rings. The van der Waals surface area contributed by atoms with Crippen molar-refractivity contribution in [1.82, 2.24) is 9.80 Å². The summed E-state index contributed by atoms with van der Waals surface area (Å²) in [7, 11) is 0. The molecule has 0 bridgehead atoms. The Morgan fingerprint density at radius 1 is 1.05 bits per heavy atom. The molecule has 0 radical (unpaired) electrons. The van der Waals surface area contributed by atoms with E-state index in [4.69, 9.17) is 0 Å². The van der Waals surface area contributed by atoms with Gasteiger partial charge in [0.1, 0.15) is 0 Å². The second kappa shape index (κ2) is 6.55. The Bertz CT molecular complexity index is 375. The summed E-state index contributed by atoms with van der Waals surface area (Å²) in [5, 5.41) is 0. The van der Waals surface area contributed by atoms with E-state index in [1.807, 2.05) is 0 Å². The lowest BCUT2D eigenvalue weighted by Crippen LogP contribution is -2.53. The van der Waals surface area contributed by atoms with Crippen molar-refractivity contribution in [3.05, 3.63) is 12.3 Å². The van der Waals surface area contributed by atoms with Crippen LogP contribution in [-0.4, -0.2) is 42.0 Å². The van der Waals surface area contributed by atoms with E-state index in [2.05, 4.69) is 57.9 Å². The van der Waals surface area contributed by atoms with Crippen LogP contribution in [0, 0.1) is 16.7 Å². The standard InChI is InChI=1S/C20H38N2/c1-16(2)20(19(5,6)7)10-8-18(9-11-20)22-14-12-21(13-15-22)17(3)4/h16,18H,3,8-15H2,1-2,4-7H3. The van der Waals surface area contributed by atoms with Crippen LogP contribution in [0.1, 0.15) is 67.2 Å². The van der Waals surface area contributed by atoms with Crippen molar-refractivity contribution < 1.29 is 0 Å². The highest BCUT2D eigenvalue weighted by molar-refractivity contribution is 4.99. The van der Waals surface area contributed by atoms with Gasteiger partial charge in [-0.1, -0.05) is 41.2 Å². The first-order valence-electron chi connectivity index (χ1n) is 9.32. The van der Waals surface area contributed by atoms with Gasteiger partial charge in [-0.25, -0.2) is 0 Å². The SMILES string of the molecule is C=C(C)N1CCN(C2CCC(C(C)C)(C(C)(C)C)CC2)CC1. The Labute approximate surface area is 138 Å². The third-order valence-corrected chi connectivity index (χ3v) is 6.82. The van der Waals surface area contributed by atoms with Crippen LogP contribution < -0.4 is 0 Å². The van der Waals surface area contributed by atoms with Gasteiger partial charge >= 0.3 is 0 Å². The van der Waals surface area contributed by atoms with Gasteiger partial charge in [0, 0.05) is 37.9 Å². The van der Waals surface area contributed by atoms with Gasteiger partial charge < -0.3 is 4.90 Å². The summed E-state index contributed by atoms with van der Waals surface area (Å²) >= 11 is 0. The van der Waals surface area contributed by atoms with E-state index in [9.17, 15) is 0 Å². The minimum absolute atomic E-state index is 0.421. The van der Waals surface area contributed by atoms with Gasteiger partial charge in [-0.15, -0.1) is 0 Å². The second-order valence-corrected chi connectivity index (χ2v) is 9.05. The third kappa shape index (κ3) is 3.37. The van der Waals surface area contributed by atoms with Crippen LogP contribution in [0.15, 0.2) is 12.3 Å². The van der Waals surface area contributed by atoms with Crippen molar-refractivity contribution in [2.24, 2.45) is 16.7 Å². The molecule has 0 aromatic heterocycles. The second-order valence-electron chi connectivity index (χ2n) is 9.05. The fourth-order valence-electron chi connectivity index (χ4n) is 5.15. The molecule has 2 rings (SSSR count). The lowest BCUT2D eigenvalue weighted by atomic mass is 9.54. The molecule has 128 valence electrons. The molecule has 22 heavy (non-hydrogen) atoms. The minimum Gasteiger partial charge on any atom is -0.373 e. The molecule has 0 unspecified atom stereocenters. The van der Waals surface area contributed by atoms with Gasteiger partial charge in [0.15, 0.2) is 0 Å². The van der Waals surface area contributed by atoms with E-state index in [-0.39, 0.29) is 0 Å². The summed E-state index contributed by atoms with van der Waals surface area (Å²) in [6.45, 7) is 23.3. The Hall–Kier alpha value is -0.500. The van der Waals surface area contributed by atoms with Gasteiger partial charge in [0.2, 0.25) is 0 Å². The summed E-state index contributed by atoms with van der Waals surface area (Å²) in [5.41, 5.74) is 2.18. The van der Waals surface area contributed by atoms with Crippen LogP contribution in [-0.2, 0) is 0 Å². The van der Waals surface area contributed by atoms with E-state index in [0.29, 0.717) is 10.8 Å². The number of allylic oxidation sites excluding steroid dienone is 1. The van der Waals surface area contributed by atoms with Crippen LogP contribution in [0.25, 0.3) is 0 Å². The zero-order valence-electron chi connectivity index (χ0n) is 15.9. The highest BCUT2D eigenvalue weighted by Crippen LogP contribution is 2.54. The molecule has 0 atom stereocenters.